The zero-order valence-corrected chi connectivity index (χ0v) is 57.7. The maximum Gasteiger partial charge on any atom is 0.305 e. The second-order valence-electron chi connectivity index (χ2n) is 27.4. The Morgan fingerprint density at radius 2 is 0.488 bits per heavy atom. The van der Waals surface area contributed by atoms with Crippen molar-refractivity contribution in [3.05, 3.63) is 0 Å². The minimum atomic E-state index is -0.660. The molecule has 0 aromatic carbocycles. The molecule has 0 saturated carbocycles. The molecule has 0 aromatic heterocycles. The highest BCUT2D eigenvalue weighted by Crippen LogP contribution is 2.21. The van der Waals surface area contributed by atoms with E-state index in [0.29, 0.717) is 25.9 Å². The summed E-state index contributed by atoms with van der Waals surface area (Å²) in [6.45, 7) is 5.01. The Morgan fingerprint density at radius 3 is 0.726 bits per heavy atom. The summed E-state index contributed by atoms with van der Waals surface area (Å²) in [7, 11) is 0. The van der Waals surface area contributed by atoms with Gasteiger partial charge in [-0.3, -0.25) is 9.59 Å². The van der Waals surface area contributed by atoms with Gasteiger partial charge in [-0.1, -0.05) is 425 Å². The van der Waals surface area contributed by atoms with E-state index >= 15 is 0 Å². The summed E-state index contributed by atoms with van der Waals surface area (Å²) in [5.74, 6) is 0.00207. The highest BCUT2D eigenvalue weighted by atomic mass is 16.5. The Kier molecular flexibility index (Phi) is 73.3. The van der Waals surface area contributed by atoms with Gasteiger partial charge in [0.25, 0.3) is 0 Å². The normalized spacial score (nSPS) is 12.4. The van der Waals surface area contributed by atoms with E-state index in [1.807, 2.05) is 0 Å². The topological polar surface area (TPSA) is 95.9 Å². The van der Waals surface area contributed by atoms with E-state index < -0.39 is 12.1 Å². The molecule has 0 aliphatic rings. The number of esters is 1. The number of carbonyl (C=O) groups is 2. The second-order valence-corrected chi connectivity index (χ2v) is 27.4. The third-order valence-corrected chi connectivity index (χ3v) is 18.9. The molecule has 3 N–H and O–H groups in total. The summed E-state index contributed by atoms with van der Waals surface area (Å²) in [4.78, 5) is 24.7. The predicted octanol–water partition coefficient (Wildman–Crippen LogP) is 25.7. The van der Waals surface area contributed by atoms with Crippen LogP contribution >= 0.6 is 0 Å². The van der Waals surface area contributed by atoms with Crippen molar-refractivity contribution in [1.82, 2.24) is 5.32 Å². The molecule has 84 heavy (non-hydrogen) atoms. The van der Waals surface area contributed by atoms with Crippen LogP contribution < -0.4 is 5.32 Å². The lowest BCUT2D eigenvalue weighted by Gasteiger charge is -2.22. The first-order valence-electron chi connectivity index (χ1n) is 39.3. The summed E-state index contributed by atoms with van der Waals surface area (Å²) in [6.07, 6.45) is 92.0. The van der Waals surface area contributed by atoms with Crippen LogP contribution in [0.3, 0.4) is 0 Å². The van der Waals surface area contributed by atoms with Crippen molar-refractivity contribution in [2.45, 2.75) is 475 Å². The van der Waals surface area contributed by atoms with Crippen LogP contribution in [0.2, 0.25) is 0 Å². The Hall–Kier alpha value is -1.14. The first kappa shape index (κ1) is 82.9. The highest BCUT2D eigenvalue weighted by Gasteiger charge is 2.20. The fourth-order valence-corrected chi connectivity index (χ4v) is 12.9. The third kappa shape index (κ3) is 70.0. The van der Waals surface area contributed by atoms with Gasteiger partial charge in [0.15, 0.2) is 0 Å². The number of carbonyl (C=O) groups excluding carboxylic acids is 2. The maximum absolute atomic E-state index is 12.5. The van der Waals surface area contributed by atoms with Crippen molar-refractivity contribution in [2.75, 3.05) is 13.2 Å². The van der Waals surface area contributed by atoms with Crippen LogP contribution in [-0.2, 0) is 14.3 Å². The molecule has 0 aromatic rings. The van der Waals surface area contributed by atoms with Crippen LogP contribution in [0.25, 0.3) is 0 Å². The molecule has 2 atom stereocenters. The molecular formula is C78H155NO5. The standard InChI is InChI=1S/C78H155NO5/c1-3-5-7-9-11-13-15-17-19-20-36-40-44-48-52-56-60-64-68-72-78(83)84-73-69-65-61-57-53-49-45-41-38-35-33-31-29-27-25-23-21-22-24-26-28-30-32-34-37-39-43-47-51-55-59-63-67-71-77(82)79-75(74-80)76(81)70-66-62-58-54-50-46-42-18-16-14-12-10-8-6-4-2/h75-76,80-81H,3-74H2,1-2H3,(H,79,82). The van der Waals surface area contributed by atoms with Crippen LogP contribution in [0.15, 0.2) is 0 Å². The van der Waals surface area contributed by atoms with Gasteiger partial charge in [-0.25, -0.2) is 0 Å². The number of hydrogen-bond acceptors (Lipinski definition) is 5. The highest BCUT2D eigenvalue weighted by molar-refractivity contribution is 5.76. The number of hydrogen-bond donors (Lipinski definition) is 3. The van der Waals surface area contributed by atoms with Crippen molar-refractivity contribution in [3.63, 3.8) is 0 Å². The van der Waals surface area contributed by atoms with Crippen molar-refractivity contribution >= 4 is 11.9 Å². The molecule has 0 radical (unpaired) electrons. The average molecular weight is 1190 g/mol. The first-order chi connectivity index (χ1) is 41.5. The predicted molar refractivity (Wildman–Crippen MR) is 371 cm³/mol. The average Bonchev–Trinajstić information content (AvgIpc) is 3.53. The molecule has 0 fully saturated rings. The van der Waals surface area contributed by atoms with Crippen LogP contribution in [0.5, 0.6) is 0 Å². The summed E-state index contributed by atoms with van der Waals surface area (Å²) in [5.41, 5.74) is 0. The van der Waals surface area contributed by atoms with Gasteiger partial charge >= 0.3 is 5.97 Å². The number of aliphatic hydroxyl groups is 2. The molecule has 6 nitrogen and oxygen atoms in total. The molecule has 2 unspecified atom stereocenters. The molecule has 0 aliphatic heterocycles. The van der Waals surface area contributed by atoms with E-state index in [1.54, 1.807) is 0 Å². The monoisotopic (exact) mass is 1190 g/mol. The molecule has 0 saturated heterocycles. The van der Waals surface area contributed by atoms with Crippen LogP contribution in [0.1, 0.15) is 463 Å². The summed E-state index contributed by atoms with van der Waals surface area (Å²) >= 11 is 0. The molecule has 0 aliphatic carbocycles. The van der Waals surface area contributed by atoms with E-state index in [1.165, 1.54) is 392 Å². The molecule has 0 rings (SSSR count). The number of nitrogens with one attached hydrogen (secondary N) is 1. The first-order valence-corrected chi connectivity index (χ1v) is 39.3. The molecule has 502 valence electrons. The van der Waals surface area contributed by atoms with Gasteiger partial charge in [0.2, 0.25) is 5.91 Å². The molecule has 6 heteroatoms. The van der Waals surface area contributed by atoms with Crippen molar-refractivity contribution in [1.29, 1.82) is 0 Å². The van der Waals surface area contributed by atoms with Gasteiger partial charge in [-0.2, -0.15) is 0 Å². The van der Waals surface area contributed by atoms with E-state index in [9.17, 15) is 19.8 Å². The fourth-order valence-electron chi connectivity index (χ4n) is 12.9. The summed E-state index contributed by atoms with van der Waals surface area (Å²) < 4.78 is 5.52. The zero-order valence-electron chi connectivity index (χ0n) is 57.7. The lowest BCUT2D eigenvalue weighted by atomic mass is 10.0. The van der Waals surface area contributed by atoms with E-state index in [0.717, 1.165) is 38.5 Å². The summed E-state index contributed by atoms with van der Waals surface area (Å²) in [6, 6.07) is -0.536. The Morgan fingerprint density at radius 1 is 0.286 bits per heavy atom. The number of rotatable bonds is 75. The van der Waals surface area contributed by atoms with E-state index in [-0.39, 0.29) is 18.5 Å². The Balaban J connectivity index is 3.28. The number of amides is 1. The smallest absolute Gasteiger partial charge is 0.305 e. The summed E-state index contributed by atoms with van der Waals surface area (Å²) in [5, 5.41) is 23.4. The largest absolute Gasteiger partial charge is 0.466 e. The van der Waals surface area contributed by atoms with Gasteiger partial charge in [-0.15, -0.1) is 0 Å². The number of aliphatic hydroxyl groups excluding tert-OH is 2. The van der Waals surface area contributed by atoms with Crippen LogP contribution in [-0.4, -0.2) is 47.4 Å². The van der Waals surface area contributed by atoms with Gasteiger partial charge in [0, 0.05) is 12.8 Å². The van der Waals surface area contributed by atoms with Crippen LogP contribution in [0.4, 0.5) is 0 Å². The fraction of sp³-hybridized carbons (Fsp3) is 0.974. The van der Waals surface area contributed by atoms with Gasteiger partial charge in [0.05, 0.1) is 25.4 Å². The van der Waals surface area contributed by atoms with Crippen molar-refractivity contribution < 1.29 is 24.5 Å². The lowest BCUT2D eigenvalue weighted by Crippen LogP contribution is -2.45. The third-order valence-electron chi connectivity index (χ3n) is 18.9. The minimum absolute atomic E-state index is 0.0259. The van der Waals surface area contributed by atoms with Gasteiger partial charge in [0.1, 0.15) is 0 Å². The van der Waals surface area contributed by atoms with Gasteiger partial charge in [-0.05, 0) is 25.7 Å². The number of unbranched alkanes of at least 4 members (excludes halogenated alkanes) is 64. The van der Waals surface area contributed by atoms with E-state index in [2.05, 4.69) is 19.2 Å². The molecule has 1 amide bonds. The lowest BCUT2D eigenvalue weighted by molar-refractivity contribution is -0.143. The van der Waals surface area contributed by atoms with Crippen molar-refractivity contribution in [2.24, 2.45) is 0 Å². The minimum Gasteiger partial charge on any atom is -0.466 e. The Bertz CT molecular complexity index is 1230. The molecular weight excluding hydrogens is 1030 g/mol. The molecule has 0 spiro atoms. The van der Waals surface area contributed by atoms with E-state index in [4.69, 9.17) is 4.74 Å². The number of ether oxygens (including phenoxy) is 1. The SMILES string of the molecule is CCCCCCCCCCCCCCCCCCCCCC(=O)OCCCCCCCCCCCCCCCCCCCCCCCCCCCCCCCCCCCC(=O)NC(CO)C(O)CCCCCCCCCCCCCCCCC. The van der Waals surface area contributed by atoms with Crippen LogP contribution in [0, 0.1) is 0 Å². The quantitative estimate of drug-likeness (QED) is 0.0417. The van der Waals surface area contributed by atoms with Gasteiger partial charge < -0.3 is 20.3 Å². The second kappa shape index (κ2) is 74.3. The zero-order chi connectivity index (χ0) is 60.6. The Labute approximate surface area is 527 Å². The molecule has 0 heterocycles. The molecule has 0 bridgehead atoms. The van der Waals surface area contributed by atoms with Crippen molar-refractivity contribution in [3.8, 4) is 0 Å². The maximum atomic E-state index is 12.5.